The summed E-state index contributed by atoms with van der Waals surface area (Å²) in [4.78, 5) is 11.5. The Morgan fingerprint density at radius 2 is 2.00 bits per heavy atom. The van der Waals surface area contributed by atoms with Crippen LogP contribution in [0.3, 0.4) is 0 Å². The Kier molecular flexibility index (Phi) is 4.55. The zero-order valence-corrected chi connectivity index (χ0v) is 12.5. The van der Waals surface area contributed by atoms with Crippen molar-refractivity contribution in [2.45, 2.75) is 19.3 Å². The van der Waals surface area contributed by atoms with E-state index in [1.165, 1.54) is 12.1 Å². The van der Waals surface area contributed by atoms with Gasteiger partial charge in [0, 0.05) is 4.47 Å². The molecule has 0 amide bonds. The fraction of sp³-hybridized carbons (Fsp3) is 0.188. The van der Waals surface area contributed by atoms with Crippen LogP contribution in [0.25, 0.3) is 0 Å². The van der Waals surface area contributed by atoms with Gasteiger partial charge in [-0.2, -0.15) is 0 Å². The van der Waals surface area contributed by atoms with Crippen molar-refractivity contribution in [1.29, 1.82) is 0 Å². The molecule has 0 spiro atoms. The number of rotatable bonds is 4. The molecule has 0 fully saturated rings. The molecule has 0 saturated heterocycles. The molecule has 2 rings (SSSR count). The molecule has 104 valence electrons. The molecule has 0 aliphatic heterocycles. The van der Waals surface area contributed by atoms with Crippen LogP contribution in [-0.4, -0.2) is 11.1 Å². The average Bonchev–Trinajstić information content (AvgIpc) is 2.39. The van der Waals surface area contributed by atoms with E-state index in [4.69, 9.17) is 0 Å². The van der Waals surface area contributed by atoms with Crippen molar-refractivity contribution >= 4 is 21.9 Å². The lowest BCUT2D eigenvalue weighted by molar-refractivity contribution is -0.138. The van der Waals surface area contributed by atoms with Gasteiger partial charge in [0.2, 0.25) is 0 Å². The molecular weight excluding hydrogens is 323 g/mol. The van der Waals surface area contributed by atoms with Gasteiger partial charge in [0.1, 0.15) is 5.82 Å². The third-order valence-corrected chi connectivity index (χ3v) is 4.03. The van der Waals surface area contributed by atoms with Crippen LogP contribution in [0.5, 0.6) is 0 Å². The minimum absolute atomic E-state index is 0.306. The highest BCUT2D eigenvalue weighted by molar-refractivity contribution is 9.10. The predicted octanol–water partition coefficient (Wildman–Crippen LogP) is 4.31. The number of hydrogen-bond acceptors (Lipinski definition) is 1. The van der Waals surface area contributed by atoms with Gasteiger partial charge in [-0.15, -0.1) is 0 Å². The van der Waals surface area contributed by atoms with E-state index in [2.05, 4.69) is 15.9 Å². The summed E-state index contributed by atoms with van der Waals surface area (Å²) in [6, 6.07) is 11.7. The zero-order chi connectivity index (χ0) is 14.7. The minimum Gasteiger partial charge on any atom is -0.481 e. The smallest absolute Gasteiger partial charge is 0.311 e. The normalized spacial score (nSPS) is 12.2. The van der Waals surface area contributed by atoms with Gasteiger partial charge >= 0.3 is 5.97 Å². The Morgan fingerprint density at radius 1 is 1.30 bits per heavy atom. The Morgan fingerprint density at radius 3 is 2.60 bits per heavy atom. The third-order valence-electron chi connectivity index (χ3n) is 3.31. The monoisotopic (exact) mass is 336 g/mol. The van der Waals surface area contributed by atoms with E-state index in [-0.39, 0.29) is 5.82 Å². The zero-order valence-electron chi connectivity index (χ0n) is 10.9. The molecule has 2 aromatic carbocycles. The molecule has 1 unspecified atom stereocenters. The molecule has 4 heteroatoms. The number of benzene rings is 2. The van der Waals surface area contributed by atoms with Crippen molar-refractivity contribution < 1.29 is 14.3 Å². The molecular formula is C16H14BrFO2. The van der Waals surface area contributed by atoms with Crippen molar-refractivity contribution in [3.05, 3.63) is 69.4 Å². The highest BCUT2D eigenvalue weighted by Gasteiger charge is 2.23. The predicted molar refractivity (Wildman–Crippen MR) is 79.4 cm³/mol. The second-order valence-corrected chi connectivity index (χ2v) is 5.54. The van der Waals surface area contributed by atoms with Crippen LogP contribution in [0.2, 0.25) is 0 Å². The van der Waals surface area contributed by atoms with Crippen molar-refractivity contribution in [3.63, 3.8) is 0 Å². The molecule has 0 aromatic heterocycles. The van der Waals surface area contributed by atoms with Crippen LogP contribution >= 0.6 is 15.9 Å². The van der Waals surface area contributed by atoms with Gasteiger partial charge in [0.15, 0.2) is 0 Å². The molecule has 20 heavy (non-hydrogen) atoms. The largest absolute Gasteiger partial charge is 0.481 e. The number of halogens is 2. The van der Waals surface area contributed by atoms with Crippen molar-refractivity contribution in [3.8, 4) is 0 Å². The number of aliphatic carboxylic acids is 1. The van der Waals surface area contributed by atoms with E-state index in [0.717, 1.165) is 21.2 Å². The van der Waals surface area contributed by atoms with Crippen molar-refractivity contribution in [2.75, 3.05) is 0 Å². The fourth-order valence-corrected chi connectivity index (χ4v) is 2.76. The van der Waals surface area contributed by atoms with E-state index in [1.54, 1.807) is 19.1 Å². The van der Waals surface area contributed by atoms with E-state index >= 15 is 0 Å². The summed E-state index contributed by atoms with van der Waals surface area (Å²) in [5.41, 5.74) is 2.33. The molecule has 1 atom stereocenters. The Labute approximate surface area is 125 Å². The Bertz CT molecular complexity index is 640. The number of carbonyl (C=O) groups is 1. The summed E-state index contributed by atoms with van der Waals surface area (Å²) in [6.45, 7) is 1.79. The summed E-state index contributed by atoms with van der Waals surface area (Å²) in [5, 5.41) is 9.46. The second kappa shape index (κ2) is 6.18. The average molecular weight is 337 g/mol. The van der Waals surface area contributed by atoms with Crippen molar-refractivity contribution in [1.82, 2.24) is 0 Å². The number of aryl methyl sites for hydroxylation is 1. The van der Waals surface area contributed by atoms with Crippen LogP contribution in [0, 0.1) is 12.7 Å². The molecule has 2 aromatic rings. The summed E-state index contributed by atoms with van der Waals surface area (Å²) >= 11 is 3.39. The molecule has 0 bridgehead atoms. The first-order valence-electron chi connectivity index (χ1n) is 6.21. The Balaban J connectivity index is 2.36. The third kappa shape index (κ3) is 3.25. The maximum Gasteiger partial charge on any atom is 0.311 e. The van der Waals surface area contributed by atoms with E-state index in [9.17, 15) is 14.3 Å². The van der Waals surface area contributed by atoms with Crippen molar-refractivity contribution in [2.24, 2.45) is 0 Å². The first kappa shape index (κ1) is 14.7. The summed E-state index contributed by atoms with van der Waals surface area (Å²) in [6.07, 6.45) is 0.337. The SMILES string of the molecule is Cc1cc(F)ccc1CC(C(=O)O)c1ccccc1Br. The molecule has 0 heterocycles. The lowest BCUT2D eigenvalue weighted by Gasteiger charge is -2.16. The number of hydrogen-bond donors (Lipinski definition) is 1. The highest BCUT2D eigenvalue weighted by atomic mass is 79.9. The summed E-state index contributed by atoms with van der Waals surface area (Å²) < 4.78 is 13.9. The van der Waals surface area contributed by atoms with Crippen LogP contribution in [0.15, 0.2) is 46.9 Å². The lowest BCUT2D eigenvalue weighted by atomic mass is 9.90. The van der Waals surface area contributed by atoms with Gasteiger partial charge in [-0.25, -0.2) is 4.39 Å². The summed E-state index contributed by atoms with van der Waals surface area (Å²) in [7, 11) is 0. The highest BCUT2D eigenvalue weighted by Crippen LogP contribution is 2.29. The van der Waals surface area contributed by atoms with Gasteiger partial charge < -0.3 is 5.11 Å². The molecule has 0 aliphatic rings. The standard InChI is InChI=1S/C16H14BrFO2/c1-10-8-12(18)7-6-11(10)9-14(16(19)20)13-4-2-3-5-15(13)17/h2-8,14H,9H2,1H3,(H,19,20). The molecule has 0 aliphatic carbocycles. The van der Waals surface area contributed by atoms with Gasteiger partial charge in [0.05, 0.1) is 5.92 Å². The second-order valence-electron chi connectivity index (χ2n) is 4.69. The minimum atomic E-state index is -0.888. The van der Waals surface area contributed by atoms with Crippen LogP contribution in [0.4, 0.5) is 4.39 Å². The van der Waals surface area contributed by atoms with Gasteiger partial charge in [0.25, 0.3) is 0 Å². The van der Waals surface area contributed by atoms with E-state index in [0.29, 0.717) is 6.42 Å². The quantitative estimate of drug-likeness (QED) is 0.903. The lowest BCUT2D eigenvalue weighted by Crippen LogP contribution is -2.15. The Hall–Kier alpha value is -1.68. The topological polar surface area (TPSA) is 37.3 Å². The van der Waals surface area contributed by atoms with Crippen LogP contribution in [-0.2, 0) is 11.2 Å². The first-order chi connectivity index (χ1) is 9.49. The number of carboxylic acids is 1. The van der Waals surface area contributed by atoms with E-state index in [1.807, 2.05) is 18.2 Å². The molecule has 1 N–H and O–H groups in total. The molecule has 2 nitrogen and oxygen atoms in total. The maximum absolute atomic E-state index is 13.1. The van der Waals surface area contributed by atoms with Gasteiger partial charge in [-0.05, 0) is 48.2 Å². The summed E-state index contributed by atoms with van der Waals surface area (Å²) in [5.74, 6) is -1.85. The number of carboxylic acid groups (broad SMARTS) is 1. The first-order valence-corrected chi connectivity index (χ1v) is 7.00. The van der Waals surface area contributed by atoms with Gasteiger partial charge in [-0.1, -0.05) is 40.2 Å². The maximum atomic E-state index is 13.1. The van der Waals surface area contributed by atoms with Gasteiger partial charge in [-0.3, -0.25) is 4.79 Å². The molecule has 0 radical (unpaired) electrons. The van der Waals surface area contributed by atoms with Crippen LogP contribution < -0.4 is 0 Å². The molecule has 0 saturated carbocycles. The van der Waals surface area contributed by atoms with Crippen LogP contribution in [0.1, 0.15) is 22.6 Å². The van der Waals surface area contributed by atoms with E-state index < -0.39 is 11.9 Å². The fourth-order valence-electron chi connectivity index (χ4n) is 2.20.